The minimum absolute atomic E-state index is 0.103. The van der Waals surface area contributed by atoms with E-state index in [1.165, 1.54) is 0 Å². The first-order valence-electron chi connectivity index (χ1n) is 10.2. The van der Waals surface area contributed by atoms with Gasteiger partial charge in [-0.25, -0.2) is 0 Å². The minimum Gasteiger partial charge on any atom is -0.478 e. The molecule has 0 saturated carbocycles. The molecular weight excluding hydrogens is 392 g/mol. The summed E-state index contributed by atoms with van der Waals surface area (Å²) < 4.78 is 19.6. The highest BCUT2D eigenvalue weighted by Gasteiger charge is 2.34. The van der Waals surface area contributed by atoms with Crippen molar-refractivity contribution in [1.29, 1.82) is 0 Å². The van der Waals surface area contributed by atoms with Crippen molar-refractivity contribution < 1.29 is 18.7 Å². The molecule has 0 radical (unpaired) electrons. The summed E-state index contributed by atoms with van der Waals surface area (Å²) in [5.41, 5.74) is 3.54. The van der Waals surface area contributed by atoms with E-state index in [1.54, 1.807) is 12.3 Å². The predicted octanol–water partition coefficient (Wildman–Crippen LogP) is 4.74. The third-order valence-corrected chi connectivity index (χ3v) is 5.86. The van der Waals surface area contributed by atoms with Gasteiger partial charge in [0, 0.05) is 36.3 Å². The Labute approximate surface area is 178 Å². The number of Topliss-reactive ketones (excluding diaryl/α,β-unsaturated/α-hetero) is 1. The Balaban J connectivity index is 1.35. The van der Waals surface area contributed by atoms with Crippen LogP contribution in [-0.2, 0) is 20.1 Å². The number of nitrogens with zero attached hydrogens (tertiary/aromatic N) is 2. The highest BCUT2D eigenvalue weighted by molar-refractivity contribution is 6.15. The normalized spacial score (nSPS) is 16.9. The van der Waals surface area contributed by atoms with Gasteiger partial charge in [-0.05, 0) is 36.4 Å². The monoisotopic (exact) mass is 412 g/mol. The largest absolute Gasteiger partial charge is 0.478 e. The molecule has 0 aliphatic carbocycles. The molecule has 0 unspecified atom stereocenters. The van der Waals surface area contributed by atoms with Gasteiger partial charge in [0.15, 0.2) is 5.76 Å². The summed E-state index contributed by atoms with van der Waals surface area (Å²) in [4.78, 5) is 15.2. The second-order valence-corrected chi connectivity index (χ2v) is 7.91. The number of ketones is 1. The number of hydrogen-bond donors (Lipinski definition) is 0. The number of benzene rings is 2. The minimum atomic E-state index is -0.103. The van der Waals surface area contributed by atoms with Gasteiger partial charge in [0.05, 0.1) is 23.9 Å². The standard InChI is InChI=1S/C25H20N2O4/c1-26-12-16(18-6-2-3-7-21(18)26)11-23-24(28)19-8-9-22-20(25(19)31-23)14-27(15-30-22)13-17-5-4-10-29-17/h2-12H,13-15H2,1H3/b23-11-. The van der Waals surface area contributed by atoms with E-state index >= 15 is 0 Å². The smallest absolute Gasteiger partial charge is 0.231 e. The lowest BCUT2D eigenvalue weighted by atomic mass is 10.0. The quantitative estimate of drug-likeness (QED) is 0.455. The van der Waals surface area contributed by atoms with Crippen LogP contribution in [0.1, 0.15) is 27.2 Å². The van der Waals surface area contributed by atoms with Gasteiger partial charge in [0.25, 0.3) is 0 Å². The summed E-state index contributed by atoms with van der Waals surface area (Å²) >= 11 is 0. The topological polar surface area (TPSA) is 56.8 Å². The van der Waals surface area contributed by atoms with Crippen LogP contribution in [-0.4, -0.2) is 22.0 Å². The van der Waals surface area contributed by atoms with Crippen LogP contribution in [0, 0.1) is 0 Å². The molecule has 0 spiro atoms. The number of allylic oxidation sites excluding steroid dienone is 1. The van der Waals surface area contributed by atoms with Gasteiger partial charge in [0.1, 0.15) is 24.0 Å². The molecule has 0 fully saturated rings. The van der Waals surface area contributed by atoms with Crippen molar-refractivity contribution in [2.24, 2.45) is 7.05 Å². The number of hydrogen-bond acceptors (Lipinski definition) is 5. The summed E-state index contributed by atoms with van der Waals surface area (Å²) in [6.07, 6.45) is 5.51. The number of carbonyl (C=O) groups excluding carboxylic acids is 1. The van der Waals surface area contributed by atoms with E-state index in [9.17, 15) is 4.79 Å². The molecule has 154 valence electrons. The van der Waals surface area contributed by atoms with Gasteiger partial charge in [-0.3, -0.25) is 9.69 Å². The van der Waals surface area contributed by atoms with E-state index < -0.39 is 0 Å². The number of ether oxygens (including phenoxy) is 2. The van der Waals surface area contributed by atoms with Crippen LogP contribution in [0.3, 0.4) is 0 Å². The van der Waals surface area contributed by atoms with Crippen molar-refractivity contribution in [3.05, 3.63) is 89.2 Å². The van der Waals surface area contributed by atoms with Gasteiger partial charge < -0.3 is 18.5 Å². The van der Waals surface area contributed by atoms with Gasteiger partial charge in [-0.15, -0.1) is 0 Å². The van der Waals surface area contributed by atoms with E-state index in [1.807, 2.05) is 49.7 Å². The van der Waals surface area contributed by atoms with Crippen LogP contribution < -0.4 is 9.47 Å². The van der Waals surface area contributed by atoms with Crippen LogP contribution in [0.2, 0.25) is 0 Å². The average Bonchev–Trinajstić information content (AvgIpc) is 3.49. The zero-order chi connectivity index (χ0) is 20.9. The Bertz CT molecular complexity index is 1350. The van der Waals surface area contributed by atoms with Gasteiger partial charge in [-0.2, -0.15) is 0 Å². The Kier molecular flexibility index (Phi) is 4.01. The molecule has 4 aromatic rings. The SMILES string of the molecule is Cn1cc(/C=C2\Oc3c(ccc4c3CN(Cc3ccco3)CO4)C2=O)c2ccccc21. The molecule has 2 aromatic carbocycles. The first kappa shape index (κ1) is 18.0. The lowest BCUT2D eigenvalue weighted by Crippen LogP contribution is -2.31. The van der Waals surface area contributed by atoms with E-state index in [0.29, 0.717) is 36.9 Å². The van der Waals surface area contributed by atoms with Crippen molar-refractivity contribution in [3.63, 3.8) is 0 Å². The van der Waals surface area contributed by atoms with Crippen molar-refractivity contribution >= 4 is 22.8 Å². The Hall–Kier alpha value is -3.77. The van der Waals surface area contributed by atoms with Crippen LogP contribution in [0.4, 0.5) is 0 Å². The number of rotatable bonds is 3. The predicted molar refractivity (Wildman–Crippen MR) is 116 cm³/mol. The van der Waals surface area contributed by atoms with Crippen molar-refractivity contribution in [3.8, 4) is 11.5 Å². The molecular formula is C25H20N2O4. The van der Waals surface area contributed by atoms with E-state index in [2.05, 4.69) is 21.6 Å². The summed E-state index contributed by atoms with van der Waals surface area (Å²) in [6, 6.07) is 15.6. The lowest BCUT2D eigenvalue weighted by Gasteiger charge is -2.29. The fourth-order valence-electron chi connectivity index (χ4n) is 4.36. The Morgan fingerprint density at radius 3 is 2.87 bits per heavy atom. The molecule has 2 aliphatic heterocycles. The highest BCUT2D eigenvalue weighted by Crippen LogP contribution is 2.42. The van der Waals surface area contributed by atoms with Crippen LogP contribution >= 0.6 is 0 Å². The maximum atomic E-state index is 13.1. The molecule has 31 heavy (non-hydrogen) atoms. The zero-order valence-corrected chi connectivity index (χ0v) is 17.0. The van der Waals surface area contributed by atoms with Gasteiger partial charge in [-0.1, -0.05) is 18.2 Å². The van der Waals surface area contributed by atoms with E-state index in [-0.39, 0.29) is 5.78 Å². The zero-order valence-electron chi connectivity index (χ0n) is 17.0. The van der Waals surface area contributed by atoms with Crippen molar-refractivity contribution in [2.45, 2.75) is 13.1 Å². The first-order valence-corrected chi connectivity index (χ1v) is 10.2. The Morgan fingerprint density at radius 2 is 2.00 bits per heavy atom. The molecule has 2 aliphatic rings. The second-order valence-electron chi connectivity index (χ2n) is 7.91. The molecule has 0 atom stereocenters. The second kappa shape index (κ2) is 6.89. The van der Waals surface area contributed by atoms with Crippen molar-refractivity contribution in [1.82, 2.24) is 9.47 Å². The van der Waals surface area contributed by atoms with Gasteiger partial charge >= 0.3 is 0 Å². The maximum absolute atomic E-state index is 13.1. The number of aryl methyl sites for hydroxylation is 1. The molecule has 0 amide bonds. The molecule has 4 heterocycles. The van der Waals surface area contributed by atoms with E-state index in [4.69, 9.17) is 13.9 Å². The summed E-state index contributed by atoms with van der Waals surface area (Å²) in [5.74, 6) is 2.46. The van der Waals surface area contributed by atoms with Gasteiger partial charge in [0.2, 0.25) is 5.78 Å². The molecule has 6 heteroatoms. The maximum Gasteiger partial charge on any atom is 0.231 e. The third-order valence-electron chi connectivity index (χ3n) is 5.86. The summed E-state index contributed by atoms with van der Waals surface area (Å²) in [6.45, 7) is 1.70. The van der Waals surface area contributed by atoms with Crippen molar-refractivity contribution in [2.75, 3.05) is 6.73 Å². The molecule has 0 bridgehead atoms. The van der Waals surface area contributed by atoms with Crippen LogP contribution in [0.5, 0.6) is 11.5 Å². The third kappa shape index (κ3) is 2.95. The lowest BCUT2D eigenvalue weighted by molar-refractivity contribution is 0.0810. The average molecular weight is 412 g/mol. The number of furan rings is 1. The number of fused-ring (bicyclic) bond motifs is 4. The van der Waals surface area contributed by atoms with Crippen LogP contribution in [0.25, 0.3) is 17.0 Å². The summed E-state index contributed by atoms with van der Waals surface area (Å²) in [7, 11) is 2.00. The molecule has 6 rings (SSSR count). The Morgan fingerprint density at radius 1 is 1.10 bits per heavy atom. The molecule has 0 saturated heterocycles. The fourth-order valence-corrected chi connectivity index (χ4v) is 4.36. The number of para-hydroxylation sites is 1. The fraction of sp³-hybridized carbons (Fsp3) is 0.160. The number of aromatic nitrogens is 1. The molecule has 6 nitrogen and oxygen atoms in total. The highest BCUT2D eigenvalue weighted by atomic mass is 16.5. The summed E-state index contributed by atoms with van der Waals surface area (Å²) in [5, 5.41) is 1.08. The van der Waals surface area contributed by atoms with Crippen LogP contribution in [0.15, 0.2) is 71.2 Å². The first-order chi connectivity index (χ1) is 15.2. The number of carbonyl (C=O) groups is 1. The van der Waals surface area contributed by atoms with E-state index in [0.717, 1.165) is 33.5 Å². The molecule has 0 N–H and O–H groups in total. The molecule has 2 aromatic heterocycles.